The fourth-order valence-corrected chi connectivity index (χ4v) is 3.00. The van der Waals surface area contributed by atoms with E-state index < -0.39 is 0 Å². The highest BCUT2D eigenvalue weighted by atomic mass is 32.2. The predicted molar refractivity (Wildman–Crippen MR) is 77.7 cm³/mol. The average molecular weight is 258 g/mol. The van der Waals surface area contributed by atoms with Gasteiger partial charge in [-0.3, -0.25) is 4.98 Å². The molecule has 18 heavy (non-hydrogen) atoms. The Morgan fingerprint density at radius 3 is 2.61 bits per heavy atom. The molecule has 2 aromatic rings. The number of rotatable bonds is 4. The highest BCUT2D eigenvalue weighted by Gasteiger charge is 2.18. The van der Waals surface area contributed by atoms with Crippen LogP contribution in [-0.4, -0.2) is 11.0 Å². The monoisotopic (exact) mass is 258 g/mol. The molecule has 2 nitrogen and oxygen atoms in total. The van der Waals surface area contributed by atoms with Gasteiger partial charge in [-0.25, -0.2) is 0 Å². The molecule has 0 radical (unpaired) electrons. The Morgan fingerprint density at radius 2 is 2.00 bits per heavy atom. The first-order valence-corrected chi connectivity index (χ1v) is 6.94. The van der Waals surface area contributed by atoms with E-state index in [-0.39, 0.29) is 11.3 Å². The fraction of sp³-hybridized carbons (Fsp3) is 0.267. The maximum absolute atomic E-state index is 6.09. The van der Waals surface area contributed by atoms with Gasteiger partial charge in [-0.1, -0.05) is 23.8 Å². The zero-order chi connectivity index (χ0) is 13.0. The molecule has 0 spiro atoms. The van der Waals surface area contributed by atoms with Crippen molar-refractivity contribution in [2.75, 3.05) is 0 Å². The maximum atomic E-state index is 6.09. The molecule has 3 heteroatoms. The summed E-state index contributed by atoms with van der Waals surface area (Å²) in [5, 5.41) is 0.188. The molecule has 0 aliphatic carbocycles. The second-order valence-electron chi connectivity index (χ2n) is 4.47. The fourth-order valence-electron chi connectivity index (χ4n) is 1.82. The van der Waals surface area contributed by atoms with Crippen LogP contribution < -0.4 is 5.73 Å². The molecule has 1 heterocycles. The molecule has 1 aromatic carbocycles. The molecule has 2 rings (SSSR count). The first-order chi connectivity index (χ1) is 8.66. The minimum absolute atomic E-state index is 0.0606. The molecule has 0 fully saturated rings. The number of nitrogens with zero attached hydrogens (tertiary/aromatic N) is 1. The van der Waals surface area contributed by atoms with E-state index in [1.165, 1.54) is 10.5 Å². The lowest BCUT2D eigenvalue weighted by molar-refractivity contribution is 0.705. The zero-order valence-corrected chi connectivity index (χ0v) is 11.5. The second kappa shape index (κ2) is 6.03. The molecular formula is C15H18N2S. The number of thioether (sulfide) groups is 1. The van der Waals surface area contributed by atoms with E-state index in [9.17, 15) is 0 Å². The molecule has 94 valence electrons. The van der Waals surface area contributed by atoms with Crippen LogP contribution in [-0.2, 0) is 0 Å². The molecule has 0 saturated carbocycles. The number of aryl methyl sites for hydroxylation is 1. The summed E-state index contributed by atoms with van der Waals surface area (Å²) >= 11 is 1.78. The second-order valence-corrected chi connectivity index (χ2v) is 5.68. The first-order valence-electron chi connectivity index (χ1n) is 6.06. The van der Waals surface area contributed by atoms with Gasteiger partial charge in [0.15, 0.2) is 0 Å². The van der Waals surface area contributed by atoms with Gasteiger partial charge in [-0.05, 0) is 38.1 Å². The van der Waals surface area contributed by atoms with Crippen LogP contribution in [0.2, 0.25) is 0 Å². The Labute approximate surface area is 113 Å². The van der Waals surface area contributed by atoms with Crippen LogP contribution in [0.25, 0.3) is 0 Å². The standard InChI is InChI=1S/C15H18N2S/c1-11-6-5-7-13(10-11)18-15(12(2)16)14-8-3-4-9-17-14/h3-10,12,15H,16H2,1-2H3. The summed E-state index contributed by atoms with van der Waals surface area (Å²) in [7, 11) is 0. The molecule has 2 atom stereocenters. The maximum Gasteiger partial charge on any atom is 0.0665 e. The van der Waals surface area contributed by atoms with E-state index in [0.717, 1.165) is 5.69 Å². The van der Waals surface area contributed by atoms with Crippen LogP contribution >= 0.6 is 11.8 Å². The van der Waals surface area contributed by atoms with Crippen LogP contribution in [0.15, 0.2) is 53.6 Å². The lowest BCUT2D eigenvalue weighted by atomic mass is 10.2. The Balaban J connectivity index is 2.22. The molecule has 0 amide bonds. The molecular weight excluding hydrogens is 240 g/mol. The quantitative estimate of drug-likeness (QED) is 0.852. The number of hydrogen-bond acceptors (Lipinski definition) is 3. The van der Waals surface area contributed by atoms with Crippen LogP contribution in [0.3, 0.4) is 0 Å². The van der Waals surface area contributed by atoms with E-state index in [2.05, 4.69) is 36.2 Å². The van der Waals surface area contributed by atoms with E-state index in [0.29, 0.717) is 0 Å². The van der Waals surface area contributed by atoms with Crippen LogP contribution in [0.5, 0.6) is 0 Å². The SMILES string of the molecule is Cc1cccc(SC(c2ccccn2)C(C)N)c1. The van der Waals surface area contributed by atoms with E-state index in [4.69, 9.17) is 5.73 Å². The lowest BCUT2D eigenvalue weighted by Gasteiger charge is -2.19. The Hall–Kier alpha value is -1.32. The Kier molecular flexibility index (Phi) is 4.39. The van der Waals surface area contributed by atoms with Gasteiger partial charge < -0.3 is 5.73 Å². The van der Waals surface area contributed by atoms with Gasteiger partial charge in [0.1, 0.15) is 0 Å². The Morgan fingerprint density at radius 1 is 1.17 bits per heavy atom. The minimum atomic E-state index is 0.0606. The molecule has 0 bridgehead atoms. The van der Waals surface area contributed by atoms with E-state index >= 15 is 0 Å². The van der Waals surface area contributed by atoms with Crippen LogP contribution in [0, 0.1) is 6.92 Å². The van der Waals surface area contributed by atoms with Gasteiger partial charge in [-0.15, -0.1) is 11.8 Å². The Bertz CT molecular complexity index is 497. The number of hydrogen-bond donors (Lipinski definition) is 1. The highest BCUT2D eigenvalue weighted by molar-refractivity contribution is 7.99. The topological polar surface area (TPSA) is 38.9 Å². The number of pyridine rings is 1. The third kappa shape index (κ3) is 3.34. The molecule has 1 aromatic heterocycles. The summed E-state index contributed by atoms with van der Waals surface area (Å²) in [5.41, 5.74) is 8.40. The lowest BCUT2D eigenvalue weighted by Crippen LogP contribution is -2.23. The van der Waals surface area contributed by atoms with Crippen molar-refractivity contribution in [3.8, 4) is 0 Å². The van der Waals surface area contributed by atoms with Crippen molar-refractivity contribution in [3.63, 3.8) is 0 Å². The summed E-state index contributed by atoms with van der Waals surface area (Å²) in [4.78, 5) is 5.66. The summed E-state index contributed by atoms with van der Waals surface area (Å²) < 4.78 is 0. The third-order valence-corrected chi connectivity index (χ3v) is 4.16. The summed E-state index contributed by atoms with van der Waals surface area (Å²) in [5.74, 6) is 0. The third-order valence-electron chi connectivity index (χ3n) is 2.71. The molecule has 2 N–H and O–H groups in total. The van der Waals surface area contributed by atoms with Gasteiger partial charge >= 0.3 is 0 Å². The van der Waals surface area contributed by atoms with Crippen molar-refractivity contribution in [3.05, 3.63) is 59.9 Å². The van der Waals surface area contributed by atoms with Crippen molar-refractivity contribution < 1.29 is 0 Å². The van der Waals surface area contributed by atoms with Crippen LogP contribution in [0.1, 0.15) is 23.4 Å². The largest absolute Gasteiger partial charge is 0.327 e. The number of aromatic nitrogens is 1. The molecule has 2 unspecified atom stereocenters. The highest BCUT2D eigenvalue weighted by Crippen LogP contribution is 2.36. The zero-order valence-electron chi connectivity index (χ0n) is 10.7. The minimum Gasteiger partial charge on any atom is -0.327 e. The molecule has 0 aliphatic rings. The van der Waals surface area contributed by atoms with Crippen molar-refractivity contribution in [1.82, 2.24) is 4.98 Å². The van der Waals surface area contributed by atoms with Gasteiger partial charge in [0.25, 0.3) is 0 Å². The van der Waals surface area contributed by atoms with Crippen molar-refractivity contribution in [2.45, 2.75) is 30.0 Å². The van der Waals surface area contributed by atoms with Crippen LogP contribution in [0.4, 0.5) is 0 Å². The first kappa shape index (κ1) is 13.1. The van der Waals surface area contributed by atoms with E-state index in [1.807, 2.05) is 31.3 Å². The van der Waals surface area contributed by atoms with Crippen molar-refractivity contribution in [2.24, 2.45) is 5.73 Å². The van der Waals surface area contributed by atoms with Crippen molar-refractivity contribution >= 4 is 11.8 Å². The average Bonchev–Trinajstić information content (AvgIpc) is 2.37. The summed E-state index contributed by atoms with van der Waals surface area (Å²) in [6.07, 6.45) is 1.82. The summed E-state index contributed by atoms with van der Waals surface area (Å²) in [6, 6.07) is 14.5. The van der Waals surface area contributed by atoms with Gasteiger partial charge in [0.05, 0.1) is 10.9 Å². The number of nitrogens with two attached hydrogens (primary N) is 1. The molecule has 0 saturated heterocycles. The van der Waals surface area contributed by atoms with Gasteiger partial charge in [0, 0.05) is 17.1 Å². The predicted octanol–water partition coefficient (Wildman–Crippen LogP) is 3.57. The smallest absolute Gasteiger partial charge is 0.0665 e. The number of benzene rings is 1. The normalized spacial score (nSPS) is 14.2. The van der Waals surface area contributed by atoms with Gasteiger partial charge in [0.2, 0.25) is 0 Å². The summed E-state index contributed by atoms with van der Waals surface area (Å²) in [6.45, 7) is 4.13. The van der Waals surface area contributed by atoms with Gasteiger partial charge in [-0.2, -0.15) is 0 Å². The van der Waals surface area contributed by atoms with E-state index in [1.54, 1.807) is 11.8 Å². The van der Waals surface area contributed by atoms with Crippen molar-refractivity contribution in [1.29, 1.82) is 0 Å². The molecule has 0 aliphatic heterocycles.